The van der Waals surface area contributed by atoms with Gasteiger partial charge in [-0.1, -0.05) is 12.1 Å². The van der Waals surface area contributed by atoms with Gasteiger partial charge in [-0.25, -0.2) is 0 Å². The Hall–Kier alpha value is -1.59. The van der Waals surface area contributed by atoms with E-state index in [-0.39, 0.29) is 17.0 Å². The van der Waals surface area contributed by atoms with Crippen molar-refractivity contribution in [3.8, 4) is 5.75 Å². The van der Waals surface area contributed by atoms with Crippen molar-refractivity contribution in [1.29, 1.82) is 0 Å². The molecule has 2 rings (SSSR count). The molecule has 1 saturated heterocycles. The number of hydrogen-bond donors (Lipinski definition) is 0. The zero-order valence-electron chi connectivity index (χ0n) is 16.3. The van der Waals surface area contributed by atoms with Crippen molar-refractivity contribution < 1.29 is 19.1 Å². The first-order valence-electron chi connectivity index (χ1n) is 8.91. The molecule has 0 spiro atoms. The maximum atomic E-state index is 11.6. The Kier molecular flexibility index (Phi) is 6.12. The van der Waals surface area contributed by atoms with Gasteiger partial charge in [0, 0.05) is 24.4 Å². The number of rotatable bonds is 6. The highest BCUT2D eigenvalue weighted by molar-refractivity contribution is 5.66. The van der Waals surface area contributed by atoms with E-state index in [1.165, 1.54) is 6.92 Å². The second-order valence-electron chi connectivity index (χ2n) is 7.97. The van der Waals surface area contributed by atoms with Crippen molar-refractivity contribution in [2.24, 2.45) is 0 Å². The summed E-state index contributed by atoms with van der Waals surface area (Å²) in [5.41, 5.74) is 0.805. The summed E-state index contributed by atoms with van der Waals surface area (Å²) in [6.45, 7) is 10.1. The number of esters is 1. The fourth-order valence-electron chi connectivity index (χ4n) is 3.62. The second kappa shape index (κ2) is 7.75. The minimum Gasteiger partial charge on any atom is -0.497 e. The van der Waals surface area contributed by atoms with Crippen LogP contribution in [0.1, 0.15) is 59.4 Å². The van der Waals surface area contributed by atoms with Crippen LogP contribution in [-0.2, 0) is 20.8 Å². The Morgan fingerprint density at radius 3 is 2.16 bits per heavy atom. The van der Waals surface area contributed by atoms with Crippen molar-refractivity contribution in [3.05, 3.63) is 29.8 Å². The number of hydroxylamine groups is 2. The molecule has 1 atom stereocenters. The van der Waals surface area contributed by atoms with Crippen LogP contribution in [0.2, 0.25) is 0 Å². The number of nitrogens with zero attached hydrogens (tertiary/aromatic N) is 1. The molecule has 1 aromatic rings. The second-order valence-corrected chi connectivity index (χ2v) is 7.97. The lowest BCUT2D eigenvalue weighted by Crippen LogP contribution is -2.59. The topological polar surface area (TPSA) is 48.0 Å². The van der Waals surface area contributed by atoms with Gasteiger partial charge in [0.2, 0.25) is 6.29 Å². The molecule has 1 heterocycles. The van der Waals surface area contributed by atoms with Gasteiger partial charge in [-0.05, 0) is 64.7 Å². The molecule has 140 valence electrons. The van der Waals surface area contributed by atoms with E-state index in [1.807, 2.05) is 29.3 Å². The van der Waals surface area contributed by atoms with Crippen molar-refractivity contribution in [3.63, 3.8) is 0 Å². The van der Waals surface area contributed by atoms with E-state index in [9.17, 15) is 4.79 Å². The van der Waals surface area contributed by atoms with E-state index in [1.54, 1.807) is 7.11 Å². The lowest BCUT2D eigenvalue weighted by atomic mass is 9.82. The van der Waals surface area contributed by atoms with Crippen LogP contribution < -0.4 is 4.74 Å². The Balaban J connectivity index is 2.16. The lowest BCUT2D eigenvalue weighted by molar-refractivity contribution is -0.345. The molecule has 0 aromatic heterocycles. The maximum absolute atomic E-state index is 11.6. The first kappa shape index (κ1) is 19.7. The monoisotopic (exact) mass is 349 g/mol. The van der Waals surface area contributed by atoms with Crippen LogP contribution >= 0.6 is 0 Å². The highest BCUT2D eigenvalue weighted by Crippen LogP contribution is 2.39. The predicted octanol–water partition coefficient (Wildman–Crippen LogP) is 4.10. The van der Waals surface area contributed by atoms with Crippen molar-refractivity contribution in [1.82, 2.24) is 5.06 Å². The number of carbonyl (C=O) groups is 1. The molecule has 25 heavy (non-hydrogen) atoms. The number of piperidine rings is 1. The molecule has 1 aliphatic rings. The first-order chi connectivity index (χ1) is 11.6. The molecule has 0 bridgehead atoms. The van der Waals surface area contributed by atoms with Crippen LogP contribution in [0.5, 0.6) is 5.75 Å². The molecule has 5 nitrogen and oxygen atoms in total. The highest BCUT2D eigenvalue weighted by atomic mass is 16.8. The fraction of sp³-hybridized carbons (Fsp3) is 0.650. The van der Waals surface area contributed by atoms with E-state index >= 15 is 0 Å². The third kappa shape index (κ3) is 5.19. The molecule has 0 amide bonds. The molecule has 1 unspecified atom stereocenters. The quantitative estimate of drug-likeness (QED) is 0.571. The Labute approximate surface area is 151 Å². The first-order valence-corrected chi connectivity index (χ1v) is 8.91. The van der Waals surface area contributed by atoms with E-state index in [0.717, 1.165) is 30.6 Å². The normalized spacial score (nSPS) is 20.7. The summed E-state index contributed by atoms with van der Waals surface area (Å²) < 4.78 is 10.7. The largest absolute Gasteiger partial charge is 0.497 e. The van der Waals surface area contributed by atoms with Gasteiger partial charge in [-0.2, -0.15) is 5.06 Å². The van der Waals surface area contributed by atoms with Gasteiger partial charge in [0.1, 0.15) is 5.75 Å². The predicted molar refractivity (Wildman–Crippen MR) is 97.2 cm³/mol. The summed E-state index contributed by atoms with van der Waals surface area (Å²) in [6, 6.07) is 7.72. The molecule has 1 aliphatic heterocycles. The molecule has 0 saturated carbocycles. The SMILES string of the molecule is COc1ccc(CC(OC(C)=O)ON2C(C)(C)CCCC2(C)C)cc1. The van der Waals surface area contributed by atoms with Gasteiger partial charge in [0.05, 0.1) is 7.11 Å². The Morgan fingerprint density at radius 2 is 1.68 bits per heavy atom. The van der Waals surface area contributed by atoms with Crippen molar-refractivity contribution in [2.45, 2.75) is 77.7 Å². The zero-order valence-corrected chi connectivity index (χ0v) is 16.3. The molecular formula is C20H31NO4. The summed E-state index contributed by atoms with van der Waals surface area (Å²) in [6.07, 6.45) is 3.10. The number of ether oxygens (including phenoxy) is 2. The summed E-state index contributed by atoms with van der Waals surface area (Å²) >= 11 is 0. The number of hydrogen-bond acceptors (Lipinski definition) is 5. The minimum absolute atomic E-state index is 0.111. The Bertz CT molecular complexity index is 564. The summed E-state index contributed by atoms with van der Waals surface area (Å²) in [5.74, 6) is 0.457. The lowest BCUT2D eigenvalue weighted by Gasteiger charge is -2.52. The van der Waals surface area contributed by atoms with Crippen molar-refractivity contribution in [2.75, 3.05) is 7.11 Å². The van der Waals surface area contributed by atoms with Gasteiger partial charge in [-0.15, -0.1) is 0 Å². The summed E-state index contributed by atoms with van der Waals surface area (Å²) in [5, 5.41) is 2.03. The van der Waals surface area contributed by atoms with Gasteiger partial charge in [-0.3, -0.25) is 9.63 Å². The minimum atomic E-state index is -0.650. The summed E-state index contributed by atoms with van der Waals surface area (Å²) in [7, 11) is 1.64. The van der Waals surface area contributed by atoms with Gasteiger partial charge >= 0.3 is 5.97 Å². The molecule has 5 heteroatoms. The molecular weight excluding hydrogens is 318 g/mol. The van der Waals surface area contributed by atoms with E-state index in [4.69, 9.17) is 14.3 Å². The van der Waals surface area contributed by atoms with Crippen LogP contribution in [0.4, 0.5) is 0 Å². The van der Waals surface area contributed by atoms with Crippen LogP contribution in [0, 0.1) is 0 Å². The van der Waals surface area contributed by atoms with Crippen LogP contribution in [0.3, 0.4) is 0 Å². The molecule has 0 radical (unpaired) electrons. The molecule has 1 fully saturated rings. The third-order valence-electron chi connectivity index (χ3n) is 4.76. The van der Waals surface area contributed by atoms with Gasteiger partial charge < -0.3 is 9.47 Å². The molecule has 0 aliphatic carbocycles. The average Bonchev–Trinajstić information content (AvgIpc) is 2.50. The van der Waals surface area contributed by atoms with E-state index in [0.29, 0.717) is 6.42 Å². The average molecular weight is 349 g/mol. The standard InChI is InChI=1S/C20H31NO4/c1-15(22)24-18(14-16-8-10-17(23-6)11-9-16)25-21-19(2,3)12-7-13-20(21,4)5/h8-11,18H,7,12-14H2,1-6H3. The summed E-state index contributed by atoms with van der Waals surface area (Å²) in [4.78, 5) is 17.8. The van der Waals surface area contributed by atoms with Crippen LogP contribution in [0.15, 0.2) is 24.3 Å². The number of benzene rings is 1. The maximum Gasteiger partial charge on any atom is 0.304 e. The van der Waals surface area contributed by atoms with Crippen LogP contribution in [-0.4, -0.2) is 35.5 Å². The van der Waals surface area contributed by atoms with E-state index in [2.05, 4.69) is 27.7 Å². The molecule has 1 aromatic carbocycles. The van der Waals surface area contributed by atoms with Gasteiger partial charge in [0.25, 0.3) is 0 Å². The number of carbonyl (C=O) groups excluding carboxylic acids is 1. The fourth-order valence-corrected chi connectivity index (χ4v) is 3.62. The van der Waals surface area contributed by atoms with Gasteiger partial charge in [0.15, 0.2) is 0 Å². The van der Waals surface area contributed by atoms with Crippen LogP contribution in [0.25, 0.3) is 0 Å². The van der Waals surface area contributed by atoms with E-state index < -0.39 is 6.29 Å². The molecule has 0 N–H and O–H groups in total. The highest BCUT2D eigenvalue weighted by Gasteiger charge is 2.44. The third-order valence-corrected chi connectivity index (χ3v) is 4.76. The Morgan fingerprint density at radius 1 is 1.12 bits per heavy atom. The zero-order chi connectivity index (χ0) is 18.7. The number of methoxy groups -OCH3 is 1. The van der Waals surface area contributed by atoms with Crippen molar-refractivity contribution >= 4 is 5.97 Å². The smallest absolute Gasteiger partial charge is 0.304 e.